The smallest absolute Gasteiger partial charge is 0.309 e. The minimum absolute atomic E-state index is 0.0118. The van der Waals surface area contributed by atoms with Crippen LogP contribution in [0.1, 0.15) is 39.5 Å². The molecule has 1 aliphatic carbocycles. The molecule has 1 saturated carbocycles. The standard InChI is InChI=1S/C10H19NO2/c1-7(2)13-10(12)8-4-3-5-9(11)6-8/h7-9H,3-6,11H2,1-2H3/p+1. The van der Waals surface area contributed by atoms with Crippen LogP contribution in [0.15, 0.2) is 0 Å². The molecule has 0 radical (unpaired) electrons. The summed E-state index contributed by atoms with van der Waals surface area (Å²) in [6.07, 6.45) is 4.18. The maximum absolute atomic E-state index is 11.5. The van der Waals surface area contributed by atoms with E-state index in [9.17, 15) is 4.79 Å². The number of carbonyl (C=O) groups excluding carboxylic acids is 1. The number of hydrogen-bond donors (Lipinski definition) is 1. The van der Waals surface area contributed by atoms with Crippen molar-refractivity contribution < 1.29 is 15.3 Å². The monoisotopic (exact) mass is 186 g/mol. The van der Waals surface area contributed by atoms with Crippen molar-refractivity contribution in [3.05, 3.63) is 0 Å². The van der Waals surface area contributed by atoms with Gasteiger partial charge in [-0.15, -0.1) is 0 Å². The van der Waals surface area contributed by atoms with E-state index < -0.39 is 0 Å². The summed E-state index contributed by atoms with van der Waals surface area (Å²) < 4.78 is 5.17. The molecule has 0 aromatic rings. The highest BCUT2D eigenvalue weighted by molar-refractivity contribution is 5.72. The summed E-state index contributed by atoms with van der Waals surface area (Å²) in [5.74, 6) is 0.0852. The molecule has 3 N–H and O–H groups in total. The van der Waals surface area contributed by atoms with E-state index in [1.54, 1.807) is 0 Å². The van der Waals surface area contributed by atoms with Gasteiger partial charge in [0.25, 0.3) is 0 Å². The molecule has 0 bridgehead atoms. The van der Waals surface area contributed by atoms with Crippen LogP contribution in [0.25, 0.3) is 0 Å². The SMILES string of the molecule is CC(C)OC(=O)C1CCCC([NH3+])C1. The highest BCUT2D eigenvalue weighted by atomic mass is 16.5. The number of rotatable bonds is 2. The first-order chi connectivity index (χ1) is 6.09. The van der Waals surface area contributed by atoms with Crippen LogP contribution in [0.5, 0.6) is 0 Å². The minimum atomic E-state index is -0.0247. The number of hydrogen-bond acceptors (Lipinski definition) is 2. The fourth-order valence-electron chi connectivity index (χ4n) is 1.83. The summed E-state index contributed by atoms with van der Waals surface area (Å²) in [5, 5.41) is 0. The zero-order valence-corrected chi connectivity index (χ0v) is 8.58. The van der Waals surface area contributed by atoms with Gasteiger partial charge in [-0.1, -0.05) is 0 Å². The van der Waals surface area contributed by atoms with Crippen LogP contribution in [0.2, 0.25) is 0 Å². The second-order valence-electron chi connectivity index (χ2n) is 4.22. The third-order valence-corrected chi connectivity index (χ3v) is 2.47. The molecular formula is C10H20NO2+. The Balaban J connectivity index is 2.37. The minimum Gasteiger partial charge on any atom is -0.463 e. The van der Waals surface area contributed by atoms with Gasteiger partial charge in [-0.25, -0.2) is 0 Å². The summed E-state index contributed by atoms with van der Waals surface area (Å²) >= 11 is 0. The molecule has 13 heavy (non-hydrogen) atoms. The average Bonchev–Trinajstić information content (AvgIpc) is 2.03. The van der Waals surface area contributed by atoms with Crippen molar-refractivity contribution >= 4 is 5.97 Å². The van der Waals surface area contributed by atoms with Crippen molar-refractivity contribution in [2.45, 2.75) is 51.7 Å². The van der Waals surface area contributed by atoms with Gasteiger partial charge in [0.15, 0.2) is 0 Å². The Morgan fingerprint density at radius 2 is 2.15 bits per heavy atom. The summed E-state index contributed by atoms with van der Waals surface area (Å²) in [4.78, 5) is 11.5. The van der Waals surface area contributed by atoms with Crippen LogP contribution in [-0.2, 0) is 9.53 Å². The first-order valence-corrected chi connectivity index (χ1v) is 5.13. The molecule has 0 amide bonds. The normalized spacial score (nSPS) is 28.9. The predicted octanol–water partition coefficient (Wildman–Crippen LogP) is 0.739. The van der Waals surface area contributed by atoms with Gasteiger partial charge in [0.2, 0.25) is 0 Å². The van der Waals surface area contributed by atoms with E-state index in [1.807, 2.05) is 13.8 Å². The van der Waals surface area contributed by atoms with E-state index in [0.717, 1.165) is 25.7 Å². The van der Waals surface area contributed by atoms with Crippen LogP contribution in [0.4, 0.5) is 0 Å². The average molecular weight is 186 g/mol. The number of quaternary nitrogens is 1. The molecule has 2 atom stereocenters. The molecule has 76 valence electrons. The summed E-state index contributed by atoms with van der Waals surface area (Å²) in [5.41, 5.74) is 4.00. The summed E-state index contributed by atoms with van der Waals surface area (Å²) in [6, 6.07) is 0.443. The second-order valence-corrected chi connectivity index (χ2v) is 4.22. The van der Waals surface area contributed by atoms with Gasteiger partial charge in [-0.2, -0.15) is 0 Å². The maximum Gasteiger partial charge on any atom is 0.309 e. The molecule has 0 heterocycles. The van der Waals surface area contributed by atoms with E-state index in [-0.39, 0.29) is 18.0 Å². The van der Waals surface area contributed by atoms with Crippen molar-refractivity contribution in [1.82, 2.24) is 0 Å². The van der Waals surface area contributed by atoms with Crippen LogP contribution < -0.4 is 5.73 Å². The van der Waals surface area contributed by atoms with Crippen LogP contribution in [-0.4, -0.2) is 18.1 Å². The lowest BCUT2D eigenvalue weighted by atomic mass is 9.86. The van der Waals surface area contributed by atoms with Crippen molar-refractivity contribution in [3.8, 4) is 0 Å². The molecule has 1 fully saturated rings. The van der Waals surface area contributed by atoms with Gasteiger partial charge in [0.05, 0.1) is 18.1 Å². The number of esters is 1. The van der Waals surface area contributed by atoms with Gasteiger partial charge in [0.1, 0.15) is 0 Å². The molecule has 0 saturated heterocycles. The number of ether oxygens (including phenoxy) is 1. The third kappa shape index (κ3) is 3.35. The zero-order chi connectivity index (χ0) is 9.84. The highest BCUT2D eigenvalue weighted by Crippen LogP contribution is 2.23. The molecule has 3 nitrogen and oxygen atoms in total. The Hall–Kier alpha value is -0.570. The van der Waals surface area contributed by atoms with Crippen molar-refractivity contribution in [1.29, 1.82) is 0 Å². The first kappa shape index (κ1) is 10.5. The Bertz CT molecular complexity index is 180. The third-order valence-electron chi connectivity index (χ3n) is 2.47. The van der Waals surface area contributed by atoms with Gasteiger partial charge in [0, 0.05) is 6.42 Å². The fraction of sp³-hybridized carbons (Fsp3) is 0.900. The van der Waals surface area contributed by atoms with Gasteiger partial charge in [-0.05, 0) is 33.1 Å². The lowest BCUT2D eigenvalue weighted by Crippen LogP contribution is -2.62. The van der Waals surface area contributed by atoms with Crippen molar-refractivity contribution in [2.75, 3.05) is 0 Å². The topological polar surface area (TPSA) is 53.9 Å². The Kier molecular flexibility index (Phi) is 3.72. The molecule has 3 heteroatoms. The lowest BCUT2D eigenvalue weighted by Gasteiger charge is -2.23. The molecule has 0 aromatic carbocycles. The maximum atomic E-state index is 11.5. The molecule has 0 aliphatic heterocycles. The van der Waals surface area contributed by atoms with Crippen LogP contribution in [0.3, 0.4) is 0 Å². The molecular weight excluding hydrogens is 166 g/mol. The number of carbonyl (C=O) groups is 1. The first-order valence-electron chi connectivity index (χ1n) is 5.13. The van der Waals surface area contributed by atoms with E-state index >= 15 is 0 Å². The molecule has 2 unspecified atom stereocenters. The molecule has 1 aliphatic rings. The van der Waals surface area contributed by atoms with Crippen molar-refractivity contribution in [3.63, 3.8) is 0 Å². The molecule has 0 spiro atoms. The molecule has 1 rings (SSSR count). The van der Waals surface area contributed by atoms with E-state index in [0.29, 0.717) is 6.04 Å². The zero-order valence-electron chi connectivity index (χ0n) is 8.58. The highest BCUT2D eigenvalue weighted by Gasteiger charge is 2.28. The second kappa shape index (κ2) is 4.61. The summed E-state index contributed by atoms with van der Waals surface area (Å²) in [6.45, 7) is 3.78. The summed E-state index contributed by atoms with van der Waals surface area (Å²) in [7, 11) is 0. The van der Waals surface area contributed by atoms with Gasteiger partial charge >= 0.3 is 5.97 Å². The molecule has 0 aromatic heterocycles. The van der Waals surface area contributed by atoms with Crippen LogP contribution >= 0.6 is 0 Å². The van der Waals surface area contributed by atoms with Crippen LogP contribution in [0, 0.1) is 5.92 Å². The van der Waals surface area contributed by atoms with Gasteiger partial charge < -0.3 is 10.5 Å². The van der Waals surface area contributed by atoms with E-state index in [4.69, 9.17) is 4.74 Å². The quantitative estimate of drug-likeness (QED) is 0.647. The lowest BCUT2D eigenvalue weighted by molar-refractivity contribution is -0.427. The Labute approximate surface area is 79.6 Å². The Morgan fingerprint density at radius 1 is 1.46 bits per heavy atom. The van der Waals surface area contributed by atoms with Gasteiger partial charge in [-0.3, -0.25) is 4.79 Å². The predicted molar refractivity (Wildman–Crippen MR) is 49.9 cm³/mol. The largest absolute Gasteiger partial charge is 0.463 e. The van der Waals surface area contributed by atoms with E-state index in [1.165, 1.54) is 0 Å². The van der Waals surface area contributed by atoms with E-state index in [2.05, 4.69) is 5.73 Å². The fourth-order valence-corrected chi connectivity index (χ4v) is 1.83. The Morgan fingerprint density at radius 3 is 2.69 bits per heavy atom. The van der Waals surface area contributed by atoms with Crippen molar-refractivity contribution in [2.24, 2.45) is 5.92 Å².